The molecule has 3 unspecified atom stereocenters. The summed E-state index contributed by atoms with van der Waals surface area (Å²) >= 11 is 2.47. The molecule has 0 aromatic heterocycles. The van der Waals surface area contributed by atoms with E-state index in [1.54, 1.807) is 13.8 Å². The van der Waals surface area contributed by atoms with E-state index in [1.165, 1.54) is 23.5 Å². The van der Waals surface area contributed by atoms with Gasteiger partial charge in [-0.15, -0.1) is 23.5 Å². The van der Waals surface area contributed by atoms with Gasteiger partial charge in [0.1, 0.15) is 6.61 Å². The molecule has 20 nitrogen and oxygen atoms in total. The van der Waals surface area contributed by atoms with Crippen molar-refractivity contribution in [1.82, 2.24) is 0 Å². The van der Waals surface area contributed by atoms with Crippen LogP contribution in [0.1, 0.15) is 55.3 Å². The number of non-ortho nitro benzene ring substituents is 4. The molecule has 4 aromatic carbocycles. The number of ether oxygens (including phenoxy) is 4. The number of hydrogen-bond donors (Lipinski definition) is 0. The lowest BCUT2D eigenvalue weighted by Gasteiger charge is -2.36. The van der Waals surface area contributed by atoms with E-state index < -0.39 is 73.1 Å². The van der Waals surface area contributed by atoms with Crippen LogP contribution in [0.15, 0.2) is 97.1 Å². The molecule has 4 aromatic rings. The Bertz CT molecular complexity index is 2180. The Balaban J connectivity index is 1.85. The van der Waals surface area contributed by atoms with Crippen molar-refractivity contribution < 1.29 is 57.8 Å². The van der Waals surface area contributed by atoms with Gasteiger partial charge in [-0.3, -0.25) is 40.5 Å². The summed E-state index contributed by atoms with van der Waals surface area (Å²) in [6.45, 7) is 2.65. The van der Waals surface area contributed by atoms with Crippen molar-refractivity contribution in [1.29, 1.82) is 0 Å². The number of nitro groups is 4. The fraction of sp³-hybridized carbons (Fsp3) is 0.243. The third-order valence-electron chi connectivity index (χ3n) is 8.00. The Morgan fingerprint density at radius 3 is 1.07 bits per heavy atom. The highest BCUT2D eigenvalue weighted by molar-refractivity contribution is 8.17. The van der Waals surface area contributed by atoms with Crippen LogP contribution >= 0.6 is 23.5 Å². The highest BCUT2D eigenvalue weighted by Gasteiger charge is 2.44. The molecule has 0 saturated carbocycles. The molecule has 0 fully saturated rings. The van der Waals surface area contributed by atoms with Gasteiger partial charge in [0.2, 0.25) is 0 Å². The van der Waals surface area contributed by atoms with Gasteiger partial charge in [0, 0.05) is 48.5 Å². The number of carbonyl (C=O) groups excluding carboxylic acids is 4. The SMILES string of the molecule is CCSC(SCC)C(OC(=O)c1ccc([N+](=O)[O-])cc1)C(OC(=O)c1ccc([N+](=O)[O-])cc1)C(COC(=O)c1ccc([N+](=O)[O-])cc1)OC(=O)c1ccc([N+](=O)[O-])cc1. The number of esters is 4. The molecule has 0 heterocycles. The van der Waals surface area contributed by atoms with Crippen molar-refractivity contribution in [3.63, 3.8) is 0 Å². The van der Waals surface area contributed by atoms with Crippen molar-refractivity contribution in [2.24, 2.45) is 0 Å². The van der Waals surface area contributed by atoms with E-state index in [-0.39, 0.29) is 45.0 Å². The Hall–Kier alpha value is -6.94. The van der Waals surface area contributed by atoms with Crippen LogP contribution in [0.3, 0.4) is 0 Å². The predicted octanol–water partition coefficient (Wildman–Crippen LogP) is 6.99. The zero-order valence-electron chi connectivity index (χ0n) is 30.8. The molecule has 308 valence electrons. The average molecular weight is 853 g/mol. The normalized spacial score (nSPS) is 12.3. The van der Waals surface area contributed by atoms with E-state index in [0.717, 1.165) is 97.1 Å². The highest BCUT2D eigenvalue weighted by Crippen LogP contribution is 2.34. The monoisotopic (exact) mass is 852 g/mol. The Kier molecular flexibility index (Phi) is 15.9. The number of nitro benzene ring substituents is 4. The van der Waals surface area contributed by atoms with Crippen molar-refractivity contribution in [3.05, 3.63) is 160 Å². The zero-order chi connectivity index (χ0) is 43.2. The van der Waals surface area contributed by atoms with Gasteiger partial charge in [-0.25, -0.2) is 19.2 Å². The van der Waals surface area contributed by atoms with Crippen LogP contribution in [0.25, 0.3) is 0 Å². The van der Waals surface area contributed by atoms with Gasteiger partial charge in [0.05, 0.1) is 46.5 Å². The smallest absolute Gasteiger partial charge is 0.338 e. The third-order valence-corrected chi connectivity index (χ3v) is 10.7. The van der Waals surface area contributed by atoms with E-state index >= 15 is 0 Å². The number of rotatable bonds is 20. The van der Waals surface area contributed by atoms with Crippen LogP contribution in [0, 0.1) is 40.5 Å². The zero-order valence-corrected chi connectivity index (χ0v) is 32.4. The lowest BCUT2D eigenvalue weighted by Crippen LogP contribution is -2.51. The summed E-state index contributed by atoms with van der Waals surface area (Å²) in [4.78, 5) is 96.9. The fourth-order valence-electron chi connectivity index (χ4n) is 5.10. The molecule has 4 rings (SSSR count). The standard InChI is InChI=1S/C37H32N4O16S2/c1-3-58-37(59-4-2)32(57-36(45)25-11-19-29(20-12-25)41(52)53)31(56-35(44)24-9-17-28(18-10-24)40(50)51)30(55-34(43)23-7-15-27(16-8-23)39(48)49)21-54-33(42)22-5-13-26(14-6-22)38(46)47/h5-20,30-32,37H,3-4,21H2,1-2H3. The largest absolute Gasteiger partial charge is 0.458 e. The van der Waals surface area contributed by atoms with Crippen LogP contribution in [0.2, 0.25) is 0 Å². The van der Waals surface area contributed by atoms with Gasteiger partial charge in [0.15, 0.2) is 18.3 Å². The van der Waals surface area contributed by atoms with Crippen LogP contribution in [0.5, 0.6) is 0 Å². The Labute approximate surface area is 341 Å². The summed E-state index contributed by atoms with van der Waals surface area (Å²) in [6, 6.07) is 17.1. The van der Waals surface area contributed by atoms with E-state index in [4.69, 9.17) is 18.9 Å². The maximum Gasteiger partial charge on any atom is 0.338 e. The lowest BCUT2D eigenvalue weighted by atomic mass is 10.1. The minimum atomic E-state index is -1.85. The molecule has 0 aliphatic carbocycles. The molecule has 0 saturated heterocycles. The predicted molar refractivity (Wildman–Crippen MR) is 210 cm³/mol. The minimum absolute atomic E-state index is 0.160. The average Bonchev–Trinajstić information content (AvgIpc) is 3.23. The second-order valence-corrected chi connectivity index (χ2v) is 14.9. The molecule has 3 atom stereocenters. The summed E-state index contributed by atoms with van der Waals surface area (Å²) < 4.78 is 22.5. The Morgan fingerprint density at radius 1 is 0.475 bits per heavy atom. The van der Waals surface area contributed by atoms with E-state index in [1.807, 2.05) is 0 Å². The summed E-state index contributed by atoms with van der Waals surface area (Å²) in [7, 11) is 0. The number of nitrogens with zero attached hydrogens (tertiary/aromatic N) is 4. The van der Waals surface area contributed by atoms with Crippen molar-refractivity contribution >= 4 is 70.2 Å². The minimum Gasteiger partial charge on any atom is -0.458 e. The second-order valence-electron chi connectivity index (χ2n) is 11.8. The van der Waals surface area contributed by atoms with Crippen LogP contribution in [0.4, 0.5) is 22.7 Å². The molecule has 22 heteroatoms. The first-order chi connectivity index (χ1) is 28.1. The Morgan fingerprint density at radius 2 is 0.763 bits per heavy atom. The topological polar surface area (TPSA) is 278 Å². The van der Waals surface area contributed by atoms with Gasteiger partial charge in [-0.2, -0.15) is 0 Å². The molecule has 0 spiro atoms. The van der Waals surface area contributed by atoms with Crippen molar-refractivity contribution in [2.75, 3.05) is 18.1 Å². The van der Waals surface area contributed by atoms with Crippen LogP contribution in [-0.2, 0) is 18.9 Å². The van der Waals surface area contributed by atoms with E-state index in [0.29, 0.717) is 11.5 Å². The van der Waals surface area contributed by atoms with Gasteiger partial charge in [-0.05, 0) is 60.0 Å². The maximum absolute atomic E-state index is 13.9. The third kappa shape index (κ3) is 12.3. The fourth-order valence-corrected chi connectivity index (χ4v) is 7.76. The van der Waals surface area contributed by atoms with Gasteiger partial charge in [-0.1, -0.05) is 13.8 Å². The molecule has 0 radical (unpaired) electrons. The first-order valence-corrected chi connectivity index (χ1v) is 19.2. The highest BCUT2D eigenvalue weighted by atomic mass is 32.2. The van der Waals surface area contributed by atoms with E-state index in [2.05, 4.69) is 0 Å². The summed E-state index contributed by atoms with van der Waals surface area (Å²) in [5.41, 5.74) is -2.18. The molecule has 0 bridgehead atoms. The first-order valence-electron chi connectivity index (χ1n) is 17.1. The van der Waals surface area contributed by atoms with Gasteiger partial charge >= 0.3 is 23.9 Å². The molecule has 0 aliphatic rings. The molecule has 0 aliphatic heterocycles. The van der Waals surface area contributed by atoms with Gasteiger partial charge < -0.3 is 18.9 Å². The number of benzene rings is 4. The number of carbonyl (C=O) groups is 4. The molecular weight excluding hydrogens is 821 g/mol. The summed E-state index contributed by atoms with van der Waals surface area (Å²) in [5.74, 6) is -3.64. The molecular formula is C37H32N4O16S2. The van der Waals surface area contributed by atoms with E-state index in [9.17, 15) is 59.6 Å². The van der Waals surface area contributed by atoms with Crippen molar-refractivity contribution in [3.8, 4) is 0 Å². The lowest BCUT2D eigenvalue weighted by molar-refractivity contribution is -0.385. The molecule has 0 N–H and O–H groups in total. The molecule has 0 amide bonds. The van der Waals surface area contributed by atoms with Crippen LogP contribution < -0.4 is 0 Å². The summed E-state index contributed by atoms with van der Waals surface area (Å²) in [5, 5.41) is 45.0. The van der Waals surface area contributed by atoms with Crippen LogP contribution in [-0.4, -0.2) is 84.6 Å². The van der Waals surface area contributed by atoms with Gasteiger partial charge in [0.25, 0.3) is 22.7 Å². The number of thioether (sulfide) groups is 2. The molecule has 59 heavy (non-hydrogen) atoms. The van der Waals surface area contributed by atoms with Crippen molar-refractivity contribution in [2.45, 2.75) is 36.7 Å². The maximum atomic E-state index is 13.9. The summed E-state index contributed by atoms with van der Waals surface area (Å²) in [6.07, 6.45) is -5.26. The first kappa shape index (κ1) is 44.8. The number of hydrogen-bond acceptors (Lipinski definition) is 18. The quantitative estimate of drug-likeness (QED) is 0.0285. The second kappa shape index (κ2) is 21.0.